The molecule has 20 heavy (non-hydrogen) atoms. The Bertz CT molecular complexity index is 343. The van der Waals surface area contributed by atoms with Crippen molar-refractivity contribution in [1.82, 2.24) is 15.5 Å². The Morgan fingerprint density at radius 2 is 2.05 bits per heavy atom. The Labute approximate surface area is 119 Å². The first-order valence-electron chi connectivity index (χ1n) is 7.65. The molecule has 2 aliphatic rings. The maximum Gasteiger partial charge on any atom is 0.315 e. The first-order valence-corrected chi connectivity index (χ1v) is 7.65. The number of carbonyl (C=O) groups is 2. The summed E-state index contributed by atoms with van der Waals surface area (Å²) in [5.74, 6) is 0.0932. The highest BCUT2D eigenvalue weighted by Crippen LogP contribution is 2.17. The molecule has 3 N–H and O–H groups in total. The van der Waals surface area contributed by atoms with Crippen LogP contribution in [-0.2, 0) is 4.79 Å². The lowest BCUT2D eigenvalue weighted by atomic mass is 9.96. The van der Waals surface area contributed by atoms with E-state index in [1.54, 1.807) is 4.90 Å². The number of nitrogens with one attached hydrogen (secondary N) is 2. The van der Waals surface area contributed by atoms with Crippen molar-refractivity contribution in [2.45, 2.75) is 57.1 Å². The zero-order valence-electron chi connectivity index (χ0n) is 11.9. The minimum atomic E-state index is -0.700. The van der Waals surface area contributed by atoms with Gasteiger partial charge in [0.05, 0.1) is 6.10 Å². The van der Waals surface area contributed by atoms with Crippen LogP contribution in [0.2, 0.25) is 0 Å². The van der Waals surface area contributed by atoms with Gasteiger partial charge in [-0.05, 0) is 19.3 Å². The van der Waals surface area contributed by atoms with Gasteiger partial charge in [-0.3, -0.25) is 4.79 Å². The van der Waals surface area contributed by atoms with Gasteiger partial charge in [-0.2, -0.15) is 0 Å². The molecule has 0 spiro atoms. The molecule has 1 aliphatic heterocycles. The molecule has 0 unspecified atom stereocenters. The van der Waals surface area contributed by atoms with E-state index in [4.69, 9.17) is 0 Å². The van der Waals surface area contributed by atoms with Crippen LogP contribution >= 0.6 is 0 Å². The summed E-state index contributed by atoms with van der Waals surface area (Å²) >= 11 is 0. The minimum Gasteiger partial charge on any atom is -0.389 e. The molecule has 3 amide bonds. The quantitative estimate of drug-likeness (QED) is 0.691. The zero-order valence-corrected chi connectivity index (χ0v) is 11.9. The van der Waals surface area contributed by atoms with Gasteiger partial charge in [-0.15, -0.1) is 0 Å². The molecule has 6 heteroatoms. The highest BCUT2D eigenvalue weighted by molar-refractivity contribution is 5.78. The molecule has 6 nitrogen and oxygen atoms in total. The van der Waals surface area contributed by atoms with E-state index in [0.29, 0.717) is 19.5 Å². The van der Waals surface area contributed by atoms with Crippen molar-refractivity contribution in [1.29, 1.82) is 0 Å². The molecule has 0 aromatic carbocycles. The predicted molar refractivity (Wildman–Crippen MR) is 75.2 cm³/mol. The van der Waals surface area contributed by atoms with Crippen LogP contribution in [0.15, 0.2) is 0 Å². The van der Waals surface area contributed by atoms with Crippen molar-refractivity contribution >= 4 is 11.9 Å². The lowest BCUT2D eigenvalue weighted by molar-refractivity contribution is -0.128. The monoisotopic (exact) mass is 283 g/mol. The van der Waals surface area contributed by atoms with Gasteiger partial charge in [-0.25, -0.2) is 4.79 Å². The van der Waals surface area contributed by atoms with Crippen molar-refractivity contribution in [3.8, 4) is 0 Å². The van der Waals surface area contributed by atoms with Crippen molar-refractivity contribution in [3.63, 3.8) is 0 Å². The molecule has 1 saturated carbocycles. The molecule has 1 saturated heterocycles. The molecular formula is C14H25N3O3. The van der Waals surface area contributed by atoms with E-state index in [0.717, 1.165) is 19.3 Å². The molecule has 0 aromatic heterocycles. The minimum absolute atomic E-state index is 0.0932. The van der Waals surface area contributed by atoms with Crippen LogP contribution in [0.5, 0.6) is 0 Å². The third kappa shape index (κ3) is 4.67. The van der Waals surface area contributed by atoms with Gasteiger partial charge >= 0.3 is 6.03 Å². The second-order valence-electron chi connectivity index (χ2n) is 5.79. The number of hydrogen-bond donors (Lipinski definition) is 3. The number of rotatable bonds is 5. The average Bonchev–Trinajstić information content (AvgIpc) is 2.83. The van der Waals surface area contributed by atoms with Crippen LogP contribution in [-0.4, -0.2) is 53.7 Å². The summed E-state index contributed by atoms with van der Waals surface area (Å²) in [4.78, 5) is 24.8. The highest BCUT2D eigenvalue weighted by Gasteiger charge is 2.23. The zero-order chi connectivity index (χ0) is 14.4. The summed E-state index contributed by atoms with van der Waals surface area (Å²) < 4.78 is 0. The van der Waals surface area contributed by atoms with Crippen LogP contribution in [0.3, 0.4) is 0 Å². The second-order valence-corrected chi connectivity index (χ2v) is 5.79. The van der Waals surface area contributed by atoms with E-state index >= 15 is 0 Å². The summed E-state index contributed by atoms with van der Waals surface area (Å²) in [7, 11) is 0. The molecule has 2 rings (SSSR count). The third-order valence-corrected chi connectivity index (χ3v) is 4.04. The van der Waals surface area contributed by atoms with E-state index in [9.17, 15) is 14.7 Å². The normalized spacial score (nSPS) is 21.9. The van der Waals surface area contributed by atoms with Gasteiger partial charge in [-0.1, -0.05) is 19.3 Å². The largest absolute Gasteiger partial charge is 0.389 e. The number of likely N-dealkylation sites (tertiary alicyclic amines) is 1. The van der Waals surface area contributed by atoms with Crippen LogP contribution in [0.1, 0.15) is 44.9 Å². The fourth-order valence-electron chi connectivity index (χ4n) is 2.91. The number of β-amino-alcohol motifs (C(OH)–C–C–N with tert-alkyl or cyclic N) is 1. The van der Waals surface area contributed by atoms with E-state index in [2.05, 4.69) is 10.6 Å². The standard InChI is InChI=1S/C14H25N3O3/c18-12(10-17-8-4-7-13(17)19)9-15-14(20)16-11-5-2-1-3-6-11/h11-12,18H,1-10H2,(H2,15,16,20)/t12-/m0/s1. The Morgan fingerprint density at radius 3 is 2.70 bits per heavy atom. The fraction of sp³-hybridized carbons (Fsp3) is 0.857. The van der Waals surface area contributed by atoms with E-state index in [-0.39, 0.29) is 24.5 Å². The molecular weight excluding hydrogens is 258 g/mol. The Balaban J connectivity index is 1.61. The number of aliphatic hydroxyl groups is 1. The number of amides is 3. The average molecular weight is 283 g/mol. The number of nitrogens with zero attached hydrogens (tertiary/aromatic N) is 1. The van der Waals surface area contributed by atoms with Crippen molar-refractivity contribution in [2.75, 3.05) is 19.6 Å². The second kappa shape index (κ2) is 7.47. The summed E-state index contributed by atoms with van der Waals surface area (Å²) in [6.45, 7) is 1.20. The van der Waals surface area contributed by atoms with Crippen LogP contribution in [0.25, 0.3) is 0 Å². The van der Waals surface area contributed by atoms with Gasteiger partial charge in [0.15, 0.2) is 0 Å². The summed E-state index contributed by atoms with van der Waals surface area (Å²) in [5, 5.41) is 15.5. The molecule has 0 aromatic rings. The van der Waals surface area contributed by atoms with Crippen molar-refractivity contribution in [3.05, 3.63) is 0 Å². The maximum absolute atomic E-state index is 11.7. The van der Waals surface area contributed by atoms with Gasteiger partial charge < -0.3 is 20.6 Å². The SMILES string of the molecule is O=C(NC[C@H](O)CN1CCCC1=O)NC1CCCCC1. The number of carbonyl (C=O) groups excluding carboxylic acids is 2. The summed E-state index contributed by atoms with van der Waals surface area (Å²) in [6, 6.07) is 0.0461. The topological polar surface area (TPSA) is 81.7 Å². The van der Waals surface area contributed by atoms with Crippen molar-refractivity contribution < 1.29 is 14.7 Å². The lowest BCUT2D eigenvalue weighted by Gasteiger charge is -2.24. The smallest absolute Gasteiger partial charge is 0.315 e. The molecule has 0 radical (unpaired) electrons. The van der Waals surface area contributed by atoms with E-state index in [1.807, 2.05) is 0 Å². The Morgan fingerprint density at radius 1 is 1.30 bits per heavy atom. The van der Waals surface area contributed by atoms with Gasteiger partial charge in [0.2, 0.25) is 5.91 Å². The lowest BCUT2D eigenvalue weighted by Crippen LogP contribution is -2.47. The van der Waals surface area contributed by atoms with E-state index < -0.39 is 6.10 Å². The molecule has 1 aliphatic carbocycles. The summed E-state index contributed by atoms with van der Waals surface area (Å²) in [5.41, 5.74) is 0. The molecule has 2 fully saturated rings. The number of hydrogen-bond acceptors (Lipinski definition) is 3. The molecule has 1 atom stereocenters. The van der Waals surface area contributed by atoms with Gasteiger partial charge in [0.25, 0.3) is 0 Å². The Hall–Kier alpha value is -1.30. The van der Waals surface area contributed by atoms with E-state index in [1.165, 1.54) is 19.3 Å². The maximum atomic E-state index is 11.7. The Kier molecular flexibility index (Phi) is 5.64. The first-order chi connectivity index (χ1) is 9.65. The number of aliphatic hydroxyl groups excluding tert-OH is 1. The highest BCUT2D eigenvalue weighted by atomic mass is 16.3. The fourth-order valence-corrected chi connectivity index (χ4v) is 2.91. The van der Waals surface area contributed by atoms with Gasteiger partial charge in [0, 0.05) is 32.1 Å². The molecule has 114 valence electrons. The van der Waals surface area contributed by atoms with Crippen LogP contribution in [0, 0.1) is 0 Å². The third-order valence-electron chi connectivity index (χ3n) is 4.04. The number of urea groups is 1. The summed E-state index contributed by atoms with van der Waals surface area (Å²) in [6.07, 6.45) is 6.41. The van der Waals surface area contributed by atoms with Crippen LogP contribution in [0.4, 0.5) is 4.79 Å². The van der Waals surface area contributed by atoms with Crippen molar-refractivity contribution in [2.24, 2.45) is 0 Å². The predicted octanol–water partition coefficient (Wildman–Crippen LogP) is 0.602. The molecule has 1 heterocycles. The first kappa shape index (κ1) is 15.1. The molecule has 0 bridgehead atoms. The van der Waals surface area contributed by atoms with Gasteiger partial charge in [0.1, 0.15) is 0 Å². The van der Waals surface area contributed by atoms with Crippen LogP contribution < -0.4 is 10.6 Å².